The predicted octanol–water partition coefficient (Wildman–Crippen LogP) is 3.11. The van der Waals surface area contributed by atoms with Gasteiger partial charge in [-0.1, -0.05) is 36.8 Å². The van der Waals surface area contributed by atoms with Crippen LogP contribution < -0.4 is 0 Å². The van der Waals surface area contributed by atoms with E-state index in [0.717, 1.165) is 6.42 Å². The van der Waals surface area contributed by atoms with Crippen LogP contribution in [0.4, 0.5) is 0 Å². The first-order valence-corrected chi connectivity index (χ1v) is 7.26. The Balaban J connectivity index is 2.68. The summed E-state index contributed by atoms with van der Waals surface area (Å²) in [6, 6.07) is 8.38. The van der Waals surface area contributed by atoms with E-state index in [9.17, 15) is 9.90 Å². The Morgan fingerprint density at radius 2 is 1.85 bits per heavy atom. The van der Waals surface area contributed by atoms with Gasteiger partial charge in [0, 0.05) is 20.0 Å². The molecule has 0 spiro atoms. The minimum atomic E-state index is -0.851. The zero-order valence-electron chi connectivity index (χ0n) is 13.3. The van der Waals surface area contributed by atoms with Crippen molar-refractivity contribution in [1.82, 2.24) is 4.90 Å². The quantitative estimate of drug-likeness (QED) is 0.868. The molecule has 0 saturated heterocycles. The summed E-state index contributed by atoms with van der Waals surface area (Å²) < 4.78 is 0. The molecule has 0 bridgehead atoms. The summed E-state index contributed by atoms with van der Waals surface area (Å²) in [6.07, 6.45) is 1.43. The minimum absolute atomic E-state index is 0.0829. The van der Waals surface area contributed by atoms with Crippen LogP contribution in [0.5, 0.6) is 0 Å². The number of nitrogens with zero attached hydrogens (tertiary/aromatic N) is 1. The molecular formula is C17H27NO2. The van der Waals surface area contributed by atoms with E-state index in [4.69, 9.17) is 0 Å². The molecule has 3 heteroatoms. The number of rotatable bonds is 6. The molecule has 0 aliphatic rings. The summed E-state index contributed by atoms with van der Waals surface area (Å²) in [5.41, 5.74) is 1.59. The molecule has 0 aliphatic heterocycles. The van der Waals surface area contributed by atoms with Crippen LogP contribution in [-0.4, -0.2) is 35.1 Å². The third-order valence-corrected chi connectivity index (χ3v) is 3.51. The molecule has 1 N–H and O–H groups in total. The SMILES string of the molecule is CCC(CC(=O)N(C)CC(C)(C)O)c1ccc(C)cc1. The average molecular weight is 277 g/mol. The molecule has 1 amide bonds. The van der Waals surface area contributed by atoms with Gasteiger partial charge in [0.05, 0.1) is 5.60 Å². The molecule has 0 aliphatic carbocycles. The molecule has 1 unspecified atom stereocenters. The molecule has 1 aromatic carbocycles. The van der Waals surface area contributed by atoms with Gasteiger partial charge < -0.3 is 10.0 Å². The monoisotopic (exact) mass is 277 g/mol. The van der Waals surface area contributed by atoms with Crippen molar-refractivity contribution in [3.8, 4) is 0 Å². The summed E-state index contributed by atoms with van der Waals surface area (Å²) in [5.74, 6) is 0.326. The largest absolute Gasteiger partial charge is 0.389 e. The normalized spacial score (nSPS) is 13.1. The van der Waals surface area contributed by atoms with Gasteiger partial charge in [0.2, 0.25) is 5.91 Å². The van der Waals surface area contributed by atoms with E-state index in [1.807, 2.05) is 0 Å². The summed E-state index contributed by atoms with van der Waals surface area (Å²) in [7, 11) is 1.75. The molecule has 0 aromatic heterocycles. The van der Waals surface area contributed by atoms with Crippen molar-refractivity contribution in [2.45, 2.75) is 52.1 Å². The molecule has 1 aromatic rings. The molecule has 0 saturated carbocycles. The number of amides is 1. The Morgan fingerprint density at radius 3 is 2.30 bits per heavy atom. The molecule has 1 rings (SSSR count). The van der Waals surface area contributed by atoms with Crippen molar-refractivity contribution in [2.75, 3.05) is 13.6 Å². The van der Waals surface area contributed by atoms with Crippen molar-refractivity contribution < 1.29 is 9.90 Å². The number of benzene rings is 1. The van der Waals surface area contributed by atoms with E-state index in [-0.39, 0.29) is 11.8 Å². The lowest BCUT2D eigenvalue weighted by atomic mass is 9.92. The summed E-state index contributed by atoms with van der Waals surface area (Å²) in [5, 5.41) is 9.78. The number of carbonyl (C=O) groups excluding carboxylic acids is 1. The van der Waals surface area contributed by atoms with Crippen molar-refractivity contribution in [1.29, 1.82) is 0 Å². The van der Waals surface area contributed by atoms with Gasteiger partial charge in [-0.25, -0.2) is 0 Å². The summed E-state index contributed by atoms with van der Waals surface area (Å²) >= 11 is 0. The second-order valence-corrected chi connectivity index (χ2v) is 6.28. The molecule has 0 radical (unpaired) electrons. The summed E-state index contributed by atoms with van der Waals surface area (Å²) in [6.45, 7) is 7.96. The Hall–Kier alpha value is -1.35. The van der Waals surface area contributed by atoms with Crippen LogP contribution in [-0.2, 0) is 4.79 Å². The van der Waals surface area contributed by atoms with Gasteiger partial charge in [0.15, 0.2) is 0 Å². The van der Waals surface area contributed by atoms with E-state index in [1.165, 1.54) is 11.1 Å². The maximum atomic E-state index is 12.2. The van der Waals surface area contributed by atoms with Gasteiger partial charge in [-0.15, -0.1) is 0 Å². The zero-order chi connectivity index (χ0) is 15.3. The zero-order valence-corrected chi connectivity index (χ0v) is 13.3. The van der Waals surface area contributed by atoms with E-state index in [2.05, 4.69) is 38.1 Å². The van der Waals surface area contributed by atoms with Gasteiger partial charge in [0.25, 0.3) is 0 Å². The second-order valence-electron chi connectivity index (χ2n) is 6.28. The van der Waals surface area contributed by atoms with Crippen molar-refractivity contribution >= 4 is 5.91 Å². The third-order valence-electron chi connectivity index (χ3n) is 3.51. The predicted molar refractivity (Wildman–Crippen MR) is 82.8 cm³/mol. The van der Waals surface area contributed by atoms with E-state index >= 15 is 0 Å². The Kier molecular flexibility index (Phi) is 5.75. The van der Waals surface area contributed by atoms with Gasteiger partial charge in [-0.3, -0.25) is 4.79 Å². The van der Waals surface area contributed by atoms with Crippen LogP contribution in [0.15, 0.2) is 24.3 Å². The number of aryl methyl sites for hydroxylation is 1. The first kappa shape index (κ1) is 16.7. The van der Waals surface area contributed by atoms with Crippen LogP contribution in [0.2, 0.25) is 0 Å². The van der Waals surface area contributed by atoms with Crippen molar-refractivity contribution in [3.05, 3.63) is 35.4 Å². The van der Waals surface area contributed by atoms with E-state index in [0.29, 0.717) is 13.0 Å². The molecular weight excluding hydrogens is 250 g/mol. The Bertz CT molecular complexity index is 431. The number of hydrogen-bond donors (Lipinski definition) is 1. The van der Waals surface area contributed by atoms with Crippen molar-refractivity contribution in [3.63, 3.8) is 0 Å². The molecule has 1 atom stereocenters. The van der Waals surface area contributed by atoms with Crippen LogP contribution >= 0.6 is 0 Å². The van der Waals surface area contributed by atoms with E-state index < -0.39 is 5.60 Å². The van der Waals surface area contributed by atoms with Crippen LogP contribution in [0.1, 0.15) is 50.7 Å². The number of aliphatic hydroxyl groups is 1. The molecule has 0 heterocycles. The smallest absolute Gasteiger partial charge is 0.223 e. The first-order valence-electron chi connectivity index (χ1n) is 7.26. The fraction of sp³-hybridized carbons (Fsp3) is 0.588. The molecule has 3 nitrogen and oxygen atoms in total. The lowest BCUT2D eigenvalue weighted by molar-refractivity contribution is -0.133. The van der Waals surface area contributed by atoms with Gasteiger partial charge in [0.1, 0.15) is 0 Å². The van der Waals surface area contributed by atoms with Gasteiger partial charge in [-0.05, 0) is 38.7 Å². The van der Waals surface area contributed by atoms with Gasteiger partial charge >= 0.3 is 0 Å². The fourth-order valence-corrected chi connectivity index (χ4v) is 2.37. The van der Waals surface area contributed by atoms with Crippen LogP contribution in [0.25, 0.3) is 0 Å². The summed E-state index contributed by atoms with van der Waals surface area (Å²) in [4.78, 5) is 13.9. The average Bonchev–Trinajstić information content (AvgIpc) is 2.34. The number of carbonyl (C=O) groups is 1. The lowest BCUT2D eigenvalue weighted by Gasteiger charge is -2.27. The highest BCUT2D eigenvalue weighted by Crippen LogP contribution is 2.24. The fourth-order valence-electron chi connectivity index (χ4n) is 2.37. The maximum absolute atomic E-state index is 12.2. The number of hydrogen-bond acceptors (Lipinski definition) is 2. The van der Waals surface area contributed by atoms with E-state index in [1.54, 1.807) is 25.8 Å². The number of likely N-dealkylation sites (N-methyl/N-ethyl adjacent to an activating group) is 1. The first-order chi connectivity index (χ1) is 9.23. The highest BCUT2D eigenvalue weighted by atomic mass is 16.3. The topological polar surface area (TPSA) is 40.5 Å². The minimum Gasteiger partial charge on any atom is -0.389 e. The lowest BCUT2D eigenvalue weighted by Crippen LogP contribution is -2.40. The molecule has 0 fully saturated rings. The Morgan fingerprint density at radius 1 is 1.30 bits per heavy atom. The molecule has 20 heavy (non-hydrogen) atoms. The standard InChI is InChI=1S/C17H27NO2/c1-6-14(15-9-7-13(2)8-10-15)11-16(19)18(5)12-17(3,4)20/h7-10,14,20H,6,11-12H2,1-5H3. The molecule has 112 valence electrons. The van der Waals surface area contributed by atoms with Crippen molar-refractivity contribution in [2.24, 2.45) is 0 Å². The second kappa shape index (κ2) is 6.89. The van der Waals surface area contributed by atoms with Gasteiger partial charge in [-0.2, -0.15) is 0 Å². The maximum Gasteiger partial charge on any atom is 0.223 e. The van der Waals surface area contributed by atoms with Crippen LogP contribution in [0.3, 0.4) is 0 Å². The highest BCUT2D eigenvalue weighted by molar-refractivity contribution is 5.77. The van der Waals surface area contributed by atoms with Crippen LogP contribution in [0, 0.1) is 6.92 Å². The Labute approximate surface area is 122 Å². The third kappa shape index (κ3) is 5.33. The highest BCUT2D eigenvalue weighted by Gasteiger charge is 2.22.